The molecule has 1 unspecified atom stereocenters. The zero-order valence-corrected chi connectivity index (χ0v) is 17.4. The second-order valence-corrected chi connectivity index (χ2v) is 7.15. The molecular formula is C24H22N6O. The van der Waals surface area contributed by atoms with Gasteiger partial charge in [-0.3, -0.25) is 9.97 Å². The third-order valence-corrected chi connectivity index (χ3v) is 5.03. The fourth-order valence-corrected chi connectivity index (χ4v) is 3.32. The first-order valence-electron chi connectivity index (χ1n) is 10.1. The predicted molar refractivity (Wildman–Crippen MR) is 118 cm³/mol. The highest BCUT2D eigenvalue weighted by Gasteiger charge is 2.14. The lowest BCUT2D eigenvalue weighted by Crippen LogP contribution is -2.04. The lowest BCUT2D eigenvalue weighted by Gasteiger charge is -2.07. The molecule has 0 fully saturated rings. The Morgan fingerprint density at radius 3 is 2.58 bits per heavy atom. The van der Waals surface area contributed by atoms with Crippen LogP contribution in [0.5, 0.6) is 0 Å². The molecule has 0 bridgehead atoms. The summed E-state index contributed by atoms with van der Waals surface area (Å²) in [5, 5.41) is 16.7. The SMILES string of the molecule is CCC(C#N)c1cc(-c2cncc(-c3cc(-c4ccc(CNC)cc4)no3)n2)ccn1. The van der Waals surface area contributed by atoms with Crippen LogP contribution in [-0.4, -0.2) is 27.2 Å². The van der Waals surface area contributed by atoms with Gasteiger partial charge in [0.25, 0.3) is 0 Å². The maximum absolute atomic E-state index is 9.33. The highest BCUT2D eigenvalue weighted by Crippen LogP contribution is 2.27. The van der Waals surface area contributed by atoms with Gasteiger partial charge in [-0.25, -0.2) is 4.98 Å². The summed E-state index contributed by atoms with van der Waals surface area (Å²) < 4.78 is 5.55. The summed E-state index contributed by atoms with van der Waals surface area (Å²) in [6.45, 7) is 2.79. The van der Waals surface area contributed by atoms with Crippen molar-refractivity contribution in [1.29, 1.82) is 5.26 Å². The van der Waals surface area contributed by atoms with E-state index in [-0.39, 0.29) is 5.92 Å². The quantitative estimate of drug-likeness (QED) is 0.475. The van der Waals surface area contributed by atoms with E-state index in [0.717, 1.165) is 29.1 Å². The van der Waals surface area contributed by atoms with Crippen molar-refractivity contribution >= 4 is 0 Å². The fourth-order valence-electron chi connectivity index (χ4n) is 3.32. The van der Waals surface area contributed by atoms with Gasteiger partial charge in [0.05, 0.1) is 35.8 Å². The van der Waals surface area contributed by atoms with Gasteiger partial charge in [0.15, 0.2) is 5.76 Å². The molecule has 4 rings (SSSR count). The Kier molecular flexibility index (Phi) is 6.11. The van der Waals surface area contributed by atoms with Crippen molar-refractivity contribution in [2.24, 2.45) is 0 Å². The first kappa shape index (κ1) is 20.4. The Labute approximate surface area is 180 Å². The Balaban J connectivity index is 1.61. The van der Waals surface area contributed by atoms with Gasteiger partial charge in [-0.1, -0.05) is 36.3 Å². The number of nitrogens with zero attached hydrogens (tertiary/aromatic N) is 5. The second kappa shape index (κ2) is 9.28. The standard InChI is InChI=1S/C24H22N6O/c1-3-17(12-25)20-10-19(8-9-28-20)22-14-27-15-23(29-22)24-11-21(30-31-24)18-6-4-16(5-7-18)13-26-2/h4-11,14-15,17,26H,3,13H2,1-2H3. The number of pyridine rings is 1. The molecule has 7 nitrogen and oxygen atoms in total. The maximum atomic E-state index is 9.33. The van der Waals surface area contributed by atoms with Crippen molar-refractivity contribution in [3.63, 3.8) is 0 Å². The highest BCUT2D eigenvalue weighted by molar-refractivity contribution is 5.67. The predicted octanol–water partition coefficient (Wildman–Crippen LogP) is 4.60. The third-order valence-electron chi connectivity index (χ3n) is 5.03. The van der Waals surface area contributed by atoms with Crippen LogP contribution in [0.1, 0.15) is 30.5 Å². The van der Waals surface area contributed by atoms with Crippen LogP contribution >= 0.6 is 0 Å². The van der Waals surface area contributed by atoms with Gasteiger partial charge in [0, 0.05) is 29.9 Å². The van der Waals surface area contributed by atoms with Crippen LogP contribution in [0.4, 0.5) is 0 Å². The average Bonchev–Trinajstić information content (AvgIpc) is 3.31. The number of rotatable bonds is 7. The molecule has 1 aromatic carbocycles. The minimum Gasteiger partial charge on any atom is -0.354 e. The minimum absolute atomic E-state index is 0.243. The number of nitrogens with one attached hydrogen (secondary N) is 1. The number of hydrogen-bond acceptors (Lipinski definition) is 7. The molecule has 31 heavy (non-hydrogen) atoms. The van der Waals surface area contributed by atoms with E-state index in [1.54, 1.807) is 18.6 Å². The normalized spacial score (nSPS) is 11.8. The lowest BCUT2D eigenvalue weighted by molar-refractivity contribution is 0.433. The summed E-state index contributed by atoms with van der Waals surface area (Å²) in [4.78, 5) is 13.4. The molecule has 0 saturated carbocycles. The van der Waals surface area contributed by atoms with Crippen molar-refractivity contribution in [1.82, 2.24) is 25.4 Å². The third kappa shape index (κ3) is 4.49. The molecule has 7 heteroatoms. The molecular weight excluding hydrogens is 388 g/mol. The van der Waals surface area contributed by atoms with Gasteiger partial charge < -0.3 is 9.84 Å². The maximum Gasteiger partial charge on any atom is 0.187 e. The second-order valence-electron chi connectivity index (χ2n) is 7.15. The lowest BCUT2D eigenvalue weighted by atomic mass is 10.0. The number of aromatic nitrogens is 4. The summed E-state index contributed by atoms with van der Waals surface area (Å²) in [5.74, 6) is 0.300. The van der Waals surface area contributed by atoms with Crippen molar-refractivity contribution in [3.05, 3.63) is 72.3 Å². The van der Waals surface area contributed by atoms with Crippen LogP contribution in [0, 0.1) is 11.3 Å². The Morgan fingerprint density at radius 2 is 1.84 bits per heavy atom. The average molecular weight is 410 g/mol. The molecule has 4 aromatic rings. The number of hydrogen-bond donors (Lipinski definition) is 1. The molecule has 1 N–H and O–H groups in total. The Hall–Kier alpha value is -3.89. The van der Waals surface area contributed by atoms with Gasteiger partial charge in [0.2, 0.25) is 0 Å². The van der Waals surface area contributed by atoms with Crippen LogP contribution < -0.4 is 5.32 Å². The van der Waals surface area contributed by atoms with E-state index in [0.29, 0.717) is 23.6 Å². The van der Waals surface area contributed by atoms with Crippen molar-refractivity contribution in [2.45, 2.75) is 25.8 Å². The summed E-state index contributed by atoms with van der Waals surface area (Å²) >= 11 is 0. The smallest absolute Gasteiger partial charge is 0.187 e. The first-order chi connectivity index (χ1) is 15.2. The molecule has 0 saturated heterocycles. The summed E-state index contributed by atoms with van der Waals surface area (Å²) in [6.07, 6.45) is 5.74. The van der Waals surface area contributed by atoms with Crippen molar-refractivity contribution in [2.75, 3.05) is 7.05 Å². The zero-order valence-electron chi connectivity index (χ0n) is 17.4. The Bertz CT molecular complexity index is 1210. The fraction of sp³-hybridized carbons (Fsp3) is 0.208. The van der Waals surface area contributed by atoms with Crippen molar-refractivity contribution < 1.29 is 4.52 Å². The van der Waals surface area contributed by atoms with Crippen molar-refractivity contribution in [3.8, 4) is 40.0 Å². The molecule has 0 amide bonds. The number of nitriles is 1. The van der Waals surface area contributed by atoms with Gasteiger partial charge in [-0.05, 0) is 31.2 Å². The van der Waals surface area contributed by atoms with Crippen LogP contribution in [0.15, 0.2) is 65.6 Å². The van der Waals surface area contributed by atoms with E-state index in [9.17, 15) is 5.26 Å². The molecule has 0 aliphatic carbocycles. The summed E-state index contributed by atoms with van der Waals surface area (Å²) in [7, 11) is 1.92. The highest BCUT2D eigenvalue weighted by atomic mass is 16.5. The van der Waals surface area contributed by atoms with Gasteiger partial charge >= 0.3 is 0 Å². The van der Waals surface area contributed by atoms with E-state index >= 15 is 0 Å². The molecule has 3 heterocycles. The molecule has 0 aliphatic heterocycles. The van der Waals surface area contributed by atoms with Gasteiger partial charge in [-0.2, -0.15) is 5.26 Å². The van der Waals surface area contributed by atoms with Crippen LogP contribution in [0.25, 0.3) is 34.0 Å². The van der Waals surface area contributed by atoms with Crippen LogP contribution in [0.3, 0.4) is 0 Å². The van der Waals surface area contributed by atoms with Crippen LogP contribution in [-0.2, 0) is 6.54 Å². The molecule has 0 aliphatic rings. The topological polar surface area (TPSA) is 101 Å². The number of benzene rings is 1. The van der Waals surface area contributed by atoms with Crippen LogP contribution in [0.2, 0.25) is 0 Å². The minimum atomic E-state index is -0.243. The van der Waals surface area contributed by atoms with E-state index < -0.39 is 0 Å². The Morgan fingerprint density at radius 1 is 1.03 bits per heavy atom. The van der Waals surface area contributed by atoms with E-state index in [1.165, 1.54) is 5.56 Å². The monoisotopic (exact) mass is 410 g/mol. The van der Waals surface area contributed by atoms with E-state index in [1.807, 2.05) is 44.3 Å². The van der Waals surface area contributed by atoms with Gasteiger partial charge in [0.1, 0.15) is 11.4 Å². The largest absolute Gasteiger partial charge is 0.354 e. The molecule has 0 spiro atoms. The van der Waals surface area contributed by atoms with E-state index in [4.69, 9.17) is 9.51 Å². The molecule has 0 radical (unpaired) electrons. The first-order valence-corrected chi connectivity index (χ1v) is 10.1. The van der Waals surface area contributed by atoms with Gasteiger partial charge in [-0.15, -0.1) is 0 Å². The molecule has 154 valence electrons. The molecule has 3 aromatic heterocycles. The molecule has 1 atom stereocenters. The van der Waals surface area contributed by atoms with E-state index in [2.05, 4.69) is 38.6 Å². The summed E-state index contributed by atoms with van der Waals surface area (Å²) in [5.41, 5.74) is 5.78. The zero-order chi connectivity index (χ0) is 21.6. The summed E-state index contributed by atoms with van der Waals surface area (Å²) in [6, 6.07) is 16.1.